The number of benzene rings is 1. The lowest BCUT2D eigenvalue weighted by Crippen LogP contribution is -2.44. The van der Waals surface area contributed by atoms with E-state index in [4.69, 9.17) is 11.5 Å². The molecule has 4 nitrogen and oxygen atoms in total. The summed E-state index contributed by atoms with van der Waals surface area (Å²) in [5.41, 5.74) is 14.8. The highest BCUT2D eigenvalue weighted by Gasteiger charge is 2.33. The van der Waals surface area contributed by atoms with Crippen LogP contribution in [0.25, 0.3) is 6.08 Å². The van der Waals surface area contributed by atoms with E-state index in [-0.39, 0.29) is 0 Å². The van der Waals surface area contributed by atoms with Crippen LogP contribution in [-0.2, 0) is 0 Å². The summed E-state index contributed by atoms with van der Waals surface area (Å²) >= 11 is 3.50. The fraction of sp³-hybridized carbons (Fsp3) is 0.529. The van der Waals surface area contributed by atoms with Crippen molar-refractivity contribution in [1.29, 1.82) is 0 Å². The minimum absolute atomic E-state index is 0.727. The van der Waals surface area contributed by atoms with Crippen LogP contribution >= 0.6 is 15.9 Å². The Labute approximate surface area is 141 Å². The van der Waals surface area contributed by atoms with Crippen LogP contribution in [0.5, 0.6) is 0 Å². The molecule has 1 saturated carbocycles. The lowest BCUT2D eigenvalue weighted by Gasteiger charge is -2.38. The van der Waals surface area contributed by atoms with Gasteiger partial charge in [-0.05, 0) is 73.1 Å². The molecule has 1 aromatic carbocycles. The summed E-state index contributed by atoms with van der Waals surface area (Å²) in [6.45, 7) is 2.16. The van der Waals surface area contributed by atoms with Crippen molar-refractivity contribution in [3.8, 4) is 0 Å². The molecule has 2 fully saturated rings. The van der Waals surface area contributed by atoms with Crippen LogP contribution in [0, 0.1) is 0 Å². The summed E-state index contributed by atoms with van der Waals surface area (Å²) in [6.07, 6.45) is 8.66. The molecule has 0 bridgehead atoms. The molecule has 0 atom stereocenters. The molecular weight excluding hydrogens is 340 g/mol. The van der Waals surface area contributed by atoms with E-state index >= 15 is 0 Å². The van der Waals surface area contributed by atoms with E-state index in [0.717, 1.165) is 40.9 Å². The van der Waals surface area contributed by atoms with Gasteiger partial charge in [0.2, 0.25) is 0 Å². The molecule has 22 heavy (non-hydrogen) atoms. The highest BCUT2D eigenvalue weighted by Crippen LogP contribution is 2.36. The third-order valence-corrected chi connectivity index (χ3v) is 5.67. The molecule has 3 rings (SSSR count). The zero-order valence-electron chi connectivity index (χ0n) is 13.1. The second-order valence-electron chi connectivity index (χ2n) is 6.37. The van der Waals surface area contributed by atoms with Gasteiger partial charge >= 0.3 is 0 Å². The fourth-order valence-corrected chi connectivity index (χ4v) is 3.79. The van der Waals surface area contributed by atoms with Crippen molar-refractivity contribution in [1.82, 2.24) is 4.90 Å². The normalized spacial score (nSPS) is 20.2. The van der Waals surface area contributed by atoms with E-state index in [0.29, 0.717) is 0 Å². The maximum Gasteiger partial charge on any atom is 0.0553 e. The number of nitrogens with two attached hydrogens (primary N) is 2. The summed E-state index contributed by atoms with van der Waals surface area (Å²) in [4.78, 5) is 5.03. The molecule has 1 aliphatic heterocycles. The molecule has 0 aromatic heterocycles. The number of anilines is 2. The smallest absolute Gasteiger partial charge is 0.0553 e. The minimum atomic E-state index is 0.727. The average Bonchev–Trinajstić information content (AvgIpc) is 3.37. The largest absolute Gasteiger partial charge is 0.405 e. The predicted molar refractivity (Wildman–Crippen MR) is 97.8 cm³/mol. The Balaban J connectivity index is 1.74. The number of piperidine rings is 1. The van der Waals surface area contributed by atoms with Gasteiger partial charge in [0.05, 0.1) is 5.69 Å². The second kappa shape index (κ2) is 6.50. The van der Waals surface area contributed by atoms with Crippen LogP contribution in [-0.4, -0.2) is 37.1 Å². The minimum Gasteiger partial charge on any atom is -0.405 e. The molecule has 1 aliphatic carbocycles. The van der Waals surface area contributed by atoms with Gasteiger partial charge in [0.25, 0.3) is 0 Å². The maximum atomic E-state index is 6.21. The zero-order chi connectivity index (χ0) is 15.7. The second-order valence-corrected chi connectivity index (χ2v) is 7.22. The SMILES string of the molecule is CN(C1CC1)C1CCN(c2ccc(Br)c(N)c2/C=C\N)CC1. The van der Waals surface area contributed by atoms with Gasteiger partial charge in [-0.2, -0.15) is 0 Å². The first-order valence-electron chi connectivity index (χ1n) is 8.05. The van der Waals surface area contributed by atoms with Crippen LogP contribution in [0.2, 0.25) is 0 Å². The van der Waals surface area contributed by atoms with E-state index in [1.807, 2.05) is 12.1 Å². The molecule has 4 N–H and O–H groups in total. The average molecular weight is 365 g/mol. The monoisotopic (exact) mass is 364 g/mol. The highest BCUT2D eigenvalue weighted by atomic mass is 79.9. The fourth-order valence-electron chi connectivity index (χ4n) is 3.44. The maximum absolute atomic E-state index is 6.21. The van der Waals surface area contributed by atoms with Gasteiger partial charge in [-0.25, -0.2) is 0 Å². The molecule has 2 aliphatic rings. The molecule has 5 heteroatoms. The quantitative estimate of drug-likeness (QED) is 0.806. The molecule has 120 valence electrons. The first-order valence-corrected chi connectivity index (χ1v) is 8.84. The van der Waals surface area contributed by atoms with E-state index in [9.17, 15) is 0 Å². The van der Waals surface area contributed by atoms with Crippen molar-refractivity contribution in [2.45, 2.75) is 37.8 Å². The van der Waals surface area contributed by atoms with Gasteiger partial charge in [0.1, 0.15) is 0 Å². The number of hydrogen-bond donors (Lipinski definition) is 2. The summed E-state index contributed by atoms with van der Waals surface area (Å²) in [6, 6.07) is 5.74. The summed E-state index contributed by atoms with van der Waals surface area (Å²) in [5.74, 6) is 0. The van der Waals surface area contributed by atoms with E-state index in [1.54, 1.807) is 6.20 Å². The molecular formula is C17H25BrN4. The van der Waals surface area contributed by atoms with Gasteiger partial charge < -0.3 is 21.3 Å². The Bertz CT molecular complexity index is 560. The van der Waals surface area contributed by atoms with Crippen molar-refractivity contribution in [3.63, 3.8) is 0 Å². The first kappa shape index (κ1) is 15.7. The summed E-state index contributed by atoms with van der Waals surface area (Å²) in [5, 5.41) is 0. The predicted octanol–water partition coefficient (Wildman–Crippen LogP) is 3.02. The molecule has 0 unspecified atom stereocenters. The van der Waals surface area contributed by atoms with Crippen molar-refractivity contribution >= 4 is 33.4 Å². The molecule has 1 saturated heterocycles. The van der Waals surface area contributed by atoms with Gasteiger partial charge in [0.15, 0.2) is 0 Å². The van der Waals surface area contributed by atoms with Crippen molar-refractivity contribution < 1.29 is 0 Å². The van der Waals surface area contributed by atoms with Crippen LogP contribution in [0.15, 0.2) is 22.8 Å². The lowest BCUT2D eigenvalue weighted by atomic mass is 10.0. The third-order valence-electron chi connectivity index (χ3n) is 4.98. The van der Waals surface area contributed by atoms with Crippen molar-refractivity contribution in [3.05, 3.63) is 28.4 Å². The van der Waals surface area contributed by atoms with Gasteiger partial charge in [-0.15, -0.1) is 0 Å². The Morgan fingerprint density at radius 1 is 1.18 bits per heavy atom. The van der Waals surface area contributed by atoms with Gasteiger partial charge in [-0.1, -0.05) is 0 Å². The van der Waals surface area contributed by atoms with Crippen molar-refractivity contribution in [2.75, 3.05) is 30.8 Å². The summed E-state index contributed by atoms with van der Waals surface area (Å²) in [7, 11) is 2.29. The highest BCUT2D eigenvalue weighted by molar-refractivity contribution is 9.10. The molecule has 0 amide bonds. The number of nitrogens with zero attached hydrogens (tertiary/aromatic N) is 2. The van der Waals surface area contributed by atoms with Gasteiger partial charge in [0, 0.05) is 40.9 Å². The van der Waals surface area contributed by atoms with Crippen LogP contribution in [0.3, 0.4) is 0 Å². The lowest BCUT2D eigenvalue weighted by molar-refractivity contribution is 0.199. The molecule has 0 spiro atoms. The Morgan fingerprint density at radius 3 is 2.41 bits per heavy atom. The van der Waals surface area contributed by atoms with Crippen molar-refractivity contribution in [2.24, 2.45) is 5.73 Å². The van der Waals surface area contributed by atoms with E-state index < -0.39 is 0 Å². The van der Waals surface area contributed by atoms with E-state index in [2.05, 4.69) is 38.8 Å². The summed E-state index contributed by atoms with van der Waals surface area (Å²) < 4.78 is 0.924. The Kier molecular flexibility index (Phi) is 4.64. The van der Waals surface area contributed by atoms with Gasteiger partial charge in [-0.3, -0.25) is 0 Å². The first-order chi connectivity index (χ1) is 10.6. The Hall–Kier alpha value is -1.20. The zero-order valence-corrected chi connectivity index (χ0v) is 14.7. The van der Waals surface area contributed by atoms with Crippen LogP contribution in [0.4, 0.5) is 11.4 Å². The third kappa shape index (κ3) is 3.10. The topological polar surface area (TPSA) is 58.5 Å². The van der Waals surface area contributed by atoms with Crippen LogP contribution in [0.1, 0.15) is 31.2 Å². The number of halogens is 1. The molecule has 1 heterocycles. The standard InChI is InChI=1S/C17H25BrN4/c1-21(12-2-3-12)13-7-10-22(11-8-13)16-5-4-15(18)17(20)14(16)6-9-19/h4-6,9,12-13H,2-3,7-8,10-11,19-20H2,1H3/b9-6-. The Morgan fingerprint density at radius 2 is 1.82 bits per heavy atom. The number of nitrogen functional groups attached to an aromatic ring is 1. The van der Waals surface area contributed by atoms with E-state index in [1.165, 1.54) is 31.4 Å². The molecule has 0 radical (unpaired) electrons. The molecule has 1 aromatic rings. The number of rotatable bonds is 4. The van der Waals surface area contributed by atoms with Crippen LogP contribution < -0.4 is 16.4 Å². The number of hydrogen-bond acceptors (Lipinski definition) is 4.